The second kappa shape index (κ2) is 4.98. The molecule has 0 unspecified atom stereocenters. The molecular formula is C11H12F3N. The second-order valence-corrected chi connectivity index (χ2v) is 3.07. The zero-order valence-electron chi connectivity index (χ0n) is 8.14. The van der Waals surface area contributed by atoms with Gasteiger partial charge in [-0.05, 0) is 11.6 Å². The molecule has 0 aliphatic rings. The molecule has 0 aliphatic heterocycles. The largest absolute Gasteiger partial charge is 0.416 e. The number of benzene rings is 1. The molecule has 0 saturated carbocycles. The van der Waals surface area contributed by atoms with Crippen molar-refractivity contribution < 1.29 is 13.2 Å². The number of hydrogen-bond acceptors (Lipinski definition) is 1. The van der Waals surface area contributed by atoms with E-state index in [0.29, 0.717) is 6.54 Å². The van der Waals surface area contributed by atoms with Crippen molar-refractivity contribution in [3.63, 3.8) is 0 Å². The standard InChI is InChI=1S/C11H12F3N/c1-2-7-15-8-9-5-3-4-6-10(9)11(12,13)14/h2-6,15H,1,7-8H2. The van der Waals surface area contributed by atoms with Crippen molar-refractivity contribution in [1.29, 1.82) is 0 Å². The van der Waals surface area contributed by atoms with Crippen molar-refractivity contribution in [1.82, 2.24) is 5.32 Å². The van der Waals surface area contributed by atoms with E-state index in [0.717, 1.165) is 6.07 Å². The molecule has 15 heavy (non-hydrogen) atoms. The third-order valence-electron chi connectivity index (χ3n) is 1.93. The maximum Gasteiger partial charge on any atom is 0.416 e. The monoisotopic (exact) mass is 215 g/mol. The van der Waals surface area contributed by atoms with Crippen molar-refractivity contribution in [2.75, 3.05) is 6.54 Å². The van der Waals surface area contributed by atoms with Gasteiger partial charge in [0.05, 0.1) is 5.56 Å². The minimum absolute atomic E-state index is 0.196. The van der Waals surface area contributed by atoms with Crippen LogP contribution in [0.25, 0.3) is 0 Å². The Morgan fingerprint density at radius 2 is 1.93 bits per heavy atom. The van der Waals surface area contributed by atoms with Crippen LogP contribution in [-0.2, 0) is 12.7 Å². The van der Waals surface area contributed by atoms with Gasteiger partial charge in [0.1, 0.15) is 0 Å². The van der Waals surface area contributed by atoms with E-state index in [1.807, 2.05) is 0 Å². The molecule has 0 aromatic heterocycles. The first-order valence-electron chi connectivity index (χ1n) is 4.52. The summed E-state index contributed by atoms with van der Waals surface area (Å²) in [6.45, 7) is 4.17. The fourth-order valence-electron chi connectivity index (χ4n) is 1.26. The lowest BCUT2D eigenvalue weighted by Crippen LogP contribution is -2.17. The van der Waals surface area contributed by atoms with Gasteiger partial charge in [-0.1, -0.05) is 24.3 Å². The molecule has 0 aliphatic carbocycles. The van der Waals surface area contributed by atoms with Gasteiger partial charge in [0.2, 0.25) is 0 Å². The molecule has 0 spiro atoms. The van der Waals surface area contributed by atoms with Gasteiger partial charge in [0.25, 0.3) is 0 Å². The summed E-state index contributed by atoms with van der Waals surface area (Å²) in [5.74, 6) is 0. The topological polar surface area (TPSA) is 12.0 Å². The van der Waals surface area contributed by atoms with E-state index >= 15 is 0 Å². The quantitative estimate of drug-likeness (QED) is 0.601. The minimum Gasteiger partial charge on any atom is -0.309 e. The van der Waals surface area contributed by atoms with Crippen molar-refractivity contribution in [2.45, 2.75) is 12.7 Å². The van der Waals surface area contributed by atoms with Gasteiger partial charge in [-0.2, -0.15) is 13.2 Å². The predicted octanol–water partition coefficient (Wildman–Crippen LogP) is 2.98. The molecule has 0 bridgehead atoms. The smallest absolute Gasteiger partial charge is 0.309 e. The Kier molecular flexibility index (Phi) is 3.91. The molecule has 0 amide bonds. The molecular weight excluding hydrogens is 203 g/mol. The third kappa shape index (κ3) is 3.40. The number of alkyl halides is 3. The lowest BCUT2D eigenvalue weighted by molar-refractivity contribution is -0.138. The third-order valence-corrected chi connectivity index (χ3v) is 1.93. The summed E-state index contributed by atoms with van der Waals surface area (Å²) >= 11 is 0. The van der Waals surface area contributed by atoms with Crippen LogP contribution in [0.3, 0.4) is 0 Å². The van der Waals surface area contributed by atoms with E-state index in [2.05, 4.69) is 11.9 Å². The van der Waals surface area contributed by atoms with E-state index in [1.165, 1.54) is 12.1 Å². The summed E-state index contributed by atoms with van der Waals surface area (Å²) in [4.78, 5) is 0. The number of nitrogens with one attached hydrogen (secondary N) is 1. The van der Waals surface area contributed by atoms with Crippen LogP contribution in [0.5, 0.6) is 0 Å². The highest BCUT2D eigenvalue weighted by molar-refractivity contribution is 5.29. The van der Waals surface area contributed by atoms with E-state index < -0.39 is 11.7 Å². The second-order valence-electron chi connectivity index (χ2n) is 3.07. The van der Waals surface area contributed by atoms with Crippen molar-refractivity contribution >= 4 is 0 Å². The van der Waals surface area contributed by atoms with Crippen LogP contribution in [0, 0.1) is 0 Å². The summed E-state index contributed by atoms with van der Waals surface area (Å²) in [5.41, 5.74) is -0.326. The van der Waals surface area contributed by atoms with Crippen LogP contribution in [0.15, 0.2) is 36.9 Å². The summed E-state index contributed by atoms with van der Waals surface area (Å²) < 4.78 is 37.5. The molecule has 1 nitrogen and oxygen atoms in total. The summed E-state index contributed by atoms with van der Waals surface area (Å²) in [6.07, 6.45) is -2.68. The zero-order valence-corrected chi connectivity index (χ0v) is 8.14. The van der Waals surface area contributed by atoms with Gasteiger partial charge in [0.15, 0.2) is 0 Å². The Morgan fingerprint density at radius 3 is 2.53 bits per heavy atom. The Morgan fingerprint density at radius 1 is 1.27 bits per heavy atom. The molecule has 1 aromatic rings. The number of rotatable bonds is 4. The Hall–Kier alpha value is -1.29. The highest BCUT2D eigenvalue weighted by atomic mass is 19.4. The molecule has 0 saturated heterocycles. The molecule has 4 heteroatoms. The summed E-state index contributed by atoms with van der Waals surface area (Å²) in [5, 5.41) is 2.85. The molecule has 0 heterocycles. The molecule has 0 radical (unpaired) electrons. The van der Waals surface area contributed by atoms with Crippen LogP contribution < -0.4 is 5.32 Å². The van der Waals surface area contributed by atoms with Gasteiger partial charge in [-0.3, -0.25) is 0 Å². The van der Waals surface area contributed by atoms with Gasteiger partial charge in [-0.15, -0.1) is 6.58 Å². The first kappa shape index (κ1) is 11.8. The fraction of sp³-hybridized carbons (Fsp3) is 0.273. The van der Waals surface area contributed by atoms with E-state index in [9.17, 15) is 13.2 Å². The lowest BCUT2D eigenvalue weighted by Gasteiger charge is -2.12. The highest BCUT2D eigenvalue weighted by Crippen LogP contribution is 2.31. The Bertz CT molecular complexity index is 331. The molecule has 82 valence electrons. The Labute approximate surface area is 86.6 Å². The average Bonchev–Trinajstić information content (AvgIpc) is 2.17. The predicted molar refractivity (Wildman–Crippen MR) is 53.3 cm³/mol. The molecule has 0 atom stereocenters. The maximum atomic E-state index is 12.5. The maximum absolute atomic E-state index is 12.5. The van der Waals surface area contributed by atoms with Crippen LogP contribution in [0.2, 0.25) is 0 Å². The first-order chi connectivity index (χ1) is 7.05. The van der Waals surface area contributed by atoms with Crippen molar-refractivity contribution in [3.05, 3.63) is 48.0 Å². The zero-order chi connectivity index (χ0) is 11.3. The Balaban J connectivity index is 2.82. The van der Waals surface area contributed by atoms with E-state index in [4.69, 9.17) is 0 Å². The fourth-order valence-corrected chi connectivity index (χ4v) is 1.26. The average molecular weight is 215 g/mol. The van der Waals surface area contributed by atoms with Crippen LogP contribution in [0.4, 0.5) is 13.2 Å². The lowest BCUT2D eigenvalue weighted by atomic mass is 10.1. The van der Waals surface area contributed by atoms with Gasteiger partial charge in [0, 0.05) is 13.1 Å². The number of hydrogen-bond donors (Lipinski definition) is 1. The molecule has 1 aromatic carbocycles. The van der Waals surface area contributed by atoms with Crippen LogP contribution in [-0.4, -0.2) is 6.54 Å². The minimum atomic E-state index is -4.29. The molecule has 1 N–H and O–H groups in total. The van der Waals surface area contributed by atoms with Crippen LogP contribution in [0.1, 0.15) is 11.1 Å². The van der Waals surface area contributed by atoms with E-state index in [1.54, 1.807) is 12.1 Å². The highest BCUT2D eigenvalue weighted by Gasteiger charge is 2.32. The molecule has 0 fully saturated rings. The number of halogens is 3. The molecule has 1 rings (SSSR count). The summed E-state index contributed by atoms with van der Waals surface area (Å²) in [6, 6.07) is 5.55. The van der Waals surface area contributed by atoms with E-state index in [-0.39, 0.29) is 12.1 Å². The van der Waals surface area contributed by atoms with Gasteiger partial charge < -0.3 is 5.32 Å². The first-order valence-corrected chi connectivity index (χ1v) is 4.52. The van der Waals surface area contributed by atoms with Gasteiger partial charge in [-0.25, -0.2) is 0 Å². The van der Waals surface area contributed by atoms with Crippen molar-refractivity contribution in [2.24, 2.45) is 0 Å². The SMILES string of the molecule is C=CCNCc1ccccc1C(F)(F)F. The van der Waals surface area contributed by atoms with Gasteiger partial charge >= 0.3 is 6.18 Å². The van der Waals surface area contributed by atoms with Crippen molar-refractivity contribution in [3.8, 4) is 0 Å². The summed E-state index contributed by atoms with van der Waals surface area (Å²) in [7, 11) is 0. The normalized spacial score (nSPS) is 11.4. The van der Waals surface area contributed by atoms with Crippen LogP contribution >= 0.6 is 0 Å².